The maximum Gasteiger partial charge on any atom is 0.410 e. The second-order valence-corrected chi connectivity index (χ2v) is 9.07. The van der Waals surface area contributed by atoms with Crippen molar-refractivity contribution >= 4 is 23.3 Å². The third-order valence-corrected chi connectivity index (χ3v) is 5.50. The van der Waals surface area contributed by atoms with Crippen molar-refractivity contribution in [3.8, 4) is 0 Å². The molecule has 2 fully saturated rings. The van der Waals surface area contributed by atoms with Crippen molar-refractivity contribution in [3.05, 3.63) is 16.1 Å². The number of amides is 2. The highest BCUT2D eigenvalue weighted by Gasteiger charge is 2.27. The molecule has 156 valence electrons. The van der Waals surface area contributed by atoms with Crippen LogP contribution in [0, 0.1) is 0 Å². The Morgan fingerprint density at radius 2 is 1.79 bits per heavy atom. The van der Waals surface area contributed by atoms with E-state index in [1.165, 1.54) is 11.3 Å². The van der Waals surface area contributed by atoms with Crippen LogP contribution in [-0.2, 0) is 16.0 Å². The first-order valence-electron chi connectivity index (χ1n) is 9.83. The van der Waals surface area contributed by atoms with Gasteiger partial charge in [0, 0.05) is 44.6 Å². The summed E-state index contributed by atoms with van der Waals surface area (Å²) < 4.78 is 10.8. The molecule has 0 N–H and O–H groups in total. The first-order chi connectivity index (χ1) is 13.3. The van der Waals surface area contributed by atoms with Crippen molar-refractivity contribution in [2.45, 2.75) is 39.3 Å². The molecule has 0 aliphatic carbocycles. The van der Waals surface area contributed by atoms with Gasteiger partial charge in [-0.05, 0) is 27.2 Å². The molecular formula is C19H30N4O4S. The van der Waals surface area contributed by atoms with Crippen LogP contribution in [0.1, 0.15) is 42.7 Å². The molecule has 2 saturated heterocycles. The predicted molar refractivity (Wildman–Crippen MR) is 107 cm³/mol. The Balaban J connectivity index is 1.54. The van der Waals surface area contributed by atoms with E-state index in [-0.39, 0.29) is 12.0 Å². The van der Waals surface area contributed by atoms with Crippen LogP contribution in [0.5, 0.6) is 0 Å². The SMILES string of the molecule is CC(C)(C)OC(=O)N1CCCN(C(=O)c2csc(CN3CCOCC3)n2)CC1. The molecule has 0 aromatic carbocycles. The van der Waals surface area contributed by atoms with Gasteiger partial charge in [0.1, 0.15) is 16.3 Å². The highest BCUT2D eigenvalue weighted by molar-refractivity contribution is 7.09. The third kappa shape index (κ3) is 5.89. The van der Waals surface area contributed by atoms with E-state index < -0.39 is 5.60 Å². The monoisotopic (exact) mass is 410 g/mol. The molecule has 2 aliphatic heterocycles. The van der Waals surface area contributed by atoms with Crippen LogP contribution in [0.15, 0.2) is 5.38 Å². The fraction of sp³-hybridized carbons (Fsp3) is 0.737. The lowest BCUT2D eigenvalue weighted by molar-refractivity contribution is 0.0255. The van der Waals surface area contributed by atoms with Crippen molar-refractivity contribution in [1.82, 2.24) is 19.7 Å². The number of carbonyl (C=O) groups excluding carboxylic acids is 2. The lowest BCUT2D eigenvalue weighted by Gasteiger charge is -2.26. The molecule has 1 aromatic rings. The summed E-state index contributed by atoms with van der Waals surface area (Å²) in [5.74, 6) is -0.0597. The lowest BCUT2D eigenvalue weighted by Crippen LogP contribution is -2.40. The van der Waals surface area contributed by atoms with Gasteiger partial charge >= 0.3 is 6.09 Å². The molecule has 0 atom stereocenters. The topological polar surface area (TPSA) is 75.2 Å². The molecule has 3 heterocycles. The van der Waals surface area contributed by atoms with Gasteiger partial charge in [-0.15, -0.1) is 11.3 Å². The van der Waals surface area contributed by atoms with Gasteiger partial charge in [-0.3, -0.25) is 9.69 Å². The molecule has 0 radical (unpaired) electrons. The van der Waals surface area contributed by atoms with Gasteiger partial charge in [0.2, 0.25) is 0 Å². The normalized spacial score (nSPS) is 19.4. The second-order valence-electron chi connectivity index (χ2n) is 8.13. The molecule has 2 aliphatic rings. The Hall–Kier alpha value is -1.71. The van der Waals surface area contributed by atoms with E-state index in [1.54, 1.807) is 9.80 Å². The van der Waals surface area contributed by atoms with Gasteiger partial charge in [-0.25, -0.2) is 9.78 Å². The van der Waals surface area contributed by atoms with Gasteiger partial charge in [0.25, 0.3) is 5.91 Å². The Bertz CT molecular complexity index is 682. The minimum absolute atomic E-state index is 0.0597. The number of morpholine rings is 1. The number of aromatic nitrogens is 1. The van der Waals surface area contributed by atoms with Crippen molar-refractivity contribution in [2.24, 2.45) is 0 Å². The summed E-state index contributed by atoms with van der Waals surface area (Å²) in [4.78, 5) is 35.5. The maximum absolute atomic E-state index is 12.9. The smallest absolute Gasteiger partial charge is 0.410 e. The minimum atomic E-state index is -0.517. The minimum Gasteiger partial charge on any atom is -0.444 e. The Morgan fingerprint density at radius 3 is 2.50 bits per heavy atom. The Kier molecular flexibility index (Phi) is 6.90. The van der Waals surface area contributed by atoms with Crippen LogP contribution in [0.4, 0.5) is 4.79 Å². The van der Waals surface area contributed by atoms with Gasteiger partial charge < -0.3 is 19.3 Å². The summed E-state index contributed by atoms with van der Waals surface area (Å²) in [6.45, 7) is 11.8. The summed E-state index contributed by atoms with van der Waals surface area (Å²) in [6, 6.07) is 0. The largest absolute Gasteiger partial charge is 0.444 e. The molecule has 0 unspecified atom stereocenters. The van der Waals surface area contributed by atoms with E-state index in [0.717, 1.165) is 44.3 Å². The fourth-order valence-electron chi connectivity index (χ4n) is 3.22. The zero-order chi connectivity index (χ0) is 20.1. The van der Waals surface area contributed by atoms with Gasteiger partial charge in [-0.1, -0.05) is 0 Å². The van der Waals surface area contributed by atoms with E-state index in [4.69, 9.17) is 9.47 Å². The van der Waals surface area contributed by atoms with Crippen LogP contribution in [0.25, 0.3) is 0 Å². The number of thiazole rings is 1. The van der Waals surface area contributed by atoms with Crippen molar-refractivity contribution in [2.75, 3.05) is 52.5 Å². The van der Waals surface area contributed by atoms with Crippen molar-refractivity contribution in [3.63, 3.8) is 0 Å². The zero-order valence-electron chi connectivity index (χ0n) is 17.0. The summed E-state index contributed by atoms with van der Waals surface area (Å²) in [5, 5.41) is 2.80. The number of ether oxygens (including phenoxy) is 2. The predicted octanol–water partition coefficient (Wildman–Crippen LogP) is 2.06. The summed E-state index contributed by atoms with van der Waals surface area (Å²) in [6.07, 6.45) is 0.415. The second kappa shape index (κ2) is 9.19. The summed E-state index contributed by atoms with van der Waals surface area (Å²) in [7, 11) is 0. The number of hydrogen-bond donors (Lipinski definition) is 0. The average Bonchev–Trinajstić information content (AvgIpc) is 2.95. The molecule has 0 spiro atoms. The van der Waals surface area contributed by atoms with Gasteiger partial charge in [0.15, 0.2) is 0 Å². The van der Waals surface area contributed by atoms with E-state index in [9.17, 15) is 9.59 Å². The lowest BCUT2D eigenvalue weighted by atomic mass is 10.2. The standard InChI is InChI=1S/C19H30N4O4S/c1-19(2,3)27-18(25)23-6-4-5-22(7-8-23)17(24)15-14-28-16(20-15)13-21-9-11-26-12-10-21/h14H,4-13H2,1-3H3. The van der Waals surface area contributed by atoms with Crippen LogP contribution in [0.2, 0.25) is 0 Å². The molecule has 0 saturated carbocycles. The third-order valence-electron chi connectivity index (χ3n) is 4.67. The first-order valence-corrected chi connectivity index (χ1v) is 10.7. The van der Waals surface area contributed by atoms with Crippen LogP contribution >= 0.6 is 11.3 Å². The average molecular weight is 411 g/mol. The molecule has 8 nitrogen and oxygen atoms in total. The van der Waals surface area contributed by atoms with Gasteiger partial charge in [0.05, 0.1) is 19.8 Å². The maximum atomic E-state index is 12.9. The van der Waals surface area contributed by atoms with Crippen molar-refractivity contribution < 1.29 is 19.1 Å². The van der Waals surface area contributed by atoms with Crippen LogP contribution in [-0.4, -0.2) is 89.8 Å². The van der Waals surface area contributed by atoms with E-state index in [2.05, 4.69) is 9.88 Å². The Labute approximate surface area is 170 Å². The van der Waals surface area contributed by atoms with E-state index in [0.29, 0.717) is 31.9 Å². The molecular weight excluding hydrogens is 380 g/mol. The van der Waals surface area contributed by atoms with E-state index >= 15 is 0 Å². The number of carbonyl (C=O) groups is 2. The molecule has 0 bridgehead atoms. The fourth-order valence-corrected chi connectivity index (χ4v) is 4.03. The molecule has 1 aromatic heterocycles. The molecule has 9 heteroatoms. The number of rotatable bonds is 3. The first kappa shape index (κ1) is 21.0. The number of hydrogen-bond acceptors (Lipinski definition) is 7. The Morgan fingerprint density at radius 1 is 1.11 bits per heavy atom. The molecule has 2 amide bonds. The van der Waals surface area contributed by atoms with Crippen LogP contribution in [0.3, 0.4) is 0 Å². The summed E-state index contributed by atoms with van der Waals surface area (Å²) >= 11 is 1.53. The van der Waals surface area contributed by atoms with E-state index in [1.807, 2.05) is 26.2 Å². The van der Waals surface area contributed by atoms with Crippen molar-refractivity contribution in [1.29, 1.82) is 0 Å². The zero-order valence-corrected chi connectivity index (χ0v) is 17.8. The van der Waals surface area contributed by atoms with Gasteiger partial charge in [-0.2, -0.15) is 0 Å². The highest BCUT2D eigenvalue weighted by atomic mass is 32.1. The highest BCUT2D eigenvalue weighted by Crippen LogP contribution is 2.17. The van der Waals surface area contributed by atoms with Crippen LogP contribution < -0.4 is 0 Å². The number of nitrogens with zero attached hydrogens (tertiary/aromatic N) is 4. The quantitative estimate of drug-likeness (QED) is 0.759. The summed E-state index contributed by atoms with van der Waals surface area (Å²) in [5.41, 5.74) is -0.0184. The molecule has 28 heavy (non-hydrogen) atoms. The molecule has 3 rings (SSSR count).